The highest BCUT2D eigenvalue weighted by atomic mass is 16.1. The van der Waals surface area contributed by atoms with E-state index in [0.717, 1.165) is 27.8 Å². The lowest BCUT2D eigenvalue weighted by Gasteiger charge is -2.09. The lowest BCUT2D eigenvalue weighted by molar-refractivity contribution is 0.102. The summed E-state index contributed by atoms with van der Waals surface area (Å²) < 4.78 is 0. The second-order valence-electron chi connectivity index (χ2n) is 6.50. The van der Waals surface area contributed by atoms with Gasteiger partial charge in [0.2, 0.25) is 0 Å². The van der Waals surface area contributed by atoms with E-state index in [-0.39, 0.29) is 5.91 Å². The molecule has 0 unspecified atom stereocenters. The molecule has 0 aliphatic carbocycles. The molecule has 0 bridgehead atoms. The molecule has 6 heteroatoms. The van der Waals surface area contributed by atoms with E-state index in [0.29, 0.717) is 17.9 Å². The smallest absolute Gasteiger partial charge is 0.257 e. The number of pyridine rings is 1. The molecule has 0 saturated heterocycles. The molecular weight excluding hydrogens is 350 g/mol. The summed E-state index contributed by atoms with van der Waals surface area (Å²) in [4.78, 5) is 25.4. The van der Waals surface area contributed by atoms with Gasteiger partial charge in [0.05, 0.1) is 22.8 Å². The van der Waals surface area contributed by atoms with Crippen molar-refractivity contribution in [3.8, 4) is 0 Å². The molecule has 0 aliphatic heterocycles. The first kappa shape index (κ1) is 17.6. The van der Waals surface area contributed by atoms with Gasteiger partial charge < -0.3 is 10.6 Å². The molecule has 2 N–H and O–H groups in total. The number of benzene rings is 2. The Morgan fingerprint density at radius 1 is 0.964 bits per heavy atom. The summed E-state index contributed by atoms with van der Waals surface area (Å²) in [7, 11) is 0. The summed E-state index contributed by atoms with van der Waals surface area (Å²) in [5, 5.41) is 6.19. The van der Waals surface area contributed by atoms with Gasteiger partial charge in [-0.05, 0) is 48.4 Å². The molecule has 2 aromatic carbocycles. The number of hydrogen-bond donors (Lipinski definition) is 2. The third-order valence-electron chi connectivity index (χ3n) is 4.24. The second kappa shape index (κ2) is 7.84. The monoisotopic (exact) mass is 369 g/mol. The molecule has 28 heavy (non-hydrogen) atoms. The van der Waals surface area contributed by atoms with Crippen molar-refractivity contribution in [1.82, 2.24) is 15.0 Å². The van der Waals surface area contributed by atoms with Crippen LogP contribution in [0.25, 0.3) is 11.0 Å². The van der Waals surface area contributed by atoms with E-state index in [9.17, 15) is 4.79 Å². The van der Waals surface area contributed by atoms with Gasteiger partial charge in [-0.1, -0.05) is 24.3 Å². The van der Waals surface area contributed by atoms with Gasteiger partial charge in [-0.2, -0.15) is 0 Å². The Balaban J connectivity index is 1.43. The van der Waals surface area contributed by atoms with Gasteiger partial charge in [0, 0.05) is 24.6 Å². The highest BCUT2D eigenvalue weighted by molar-refractivity contribution is 6.04. The minimum absolute atomic E-state index is 0.179. The molecule has 0 saturated carbocycles. The normalized spacial score (nSPS) is 10.6. The number of amides is 1. The fourth-order valence-electron chi connectivity index (χ4n) is 2.88. The van der Waals surface area contributed by atoms with Crippen LogP contribution in [0.4, 0.5) is 11.5 Å². The SMILES string of the molecule is Cc1cncc(C(=O)Nc2cccc(CNc3cnc4ccccc4n3)c2)c1. The number of nitrogens with one attached hydrogen (secondary N) is 2. The maximum Gasteiger partial charge on any atom is 0.257 e. The molecule has 0 spiro atoms. The summed E-state index contributed by atoms with van der Waals surface area (Å²) in [6.45, 7) is 2.48. The first-order valence-corrected chi connectivity index (χ1v) is 8.95. The van der Waals surface area contributed by atoms with Gasteiger partial charge in [-0.3, -0.25) is 14.8 Å². The summed E-state index contributed by atoms with van der Waals surface area (Å²) in [6.07, 6.45) is 5.00. The van der Waals surface area contributed by atoms with Crippen LogP contribution in [0, 0.1) is 6.92 Å². The Kier molecular flexibility index (Phi) is 4.93. The molecular formula is C22H19N5O. The highest BCUT2D eigenvalue weighted by Crippen LogP contribution is 2.15. The largest absolute Gasteiger partial charge is 0.365 e. The number of carbonyl (C=O) groups excluding carboxylic acids is 1. The van der Waals surface area contributed by atoms with Gasteiger partial charge in [-0.15, -0.1) is 0 Å². The van der Waals surface area contributed by atoms with Crippen LogP contribution < -0.4 is 10.6 Å². The van der Waals surface area contributed by atoms with Crippen molar-refractivity contribution in [1.29, 1.82) is 0 Å². The molecule has 0 fully saturated rings. The van der Waals surface area contributed by atoms with Crippen molar-refractivity contribution in [3.63, 3.8) is 0 Å². The van der Waals surface area contributed by atoms with Crippen LogP contribution in [-0.2, 0) is 6.54 Å². The quantitative estimate of drug-likeness (QED) is 0.551. The topological polar surface area (TPSA) is 79.8 Å². The summed E-state index contributed by atoms with van der Waals surface area (Å²) in [5.41, 5.74) is 4.95. The van der Waals surface area contributed by atoms with Crippen LogP contribution >= 0.6 is 0 Å². The lowest BCUT2D eigenvalue weighted by Crippen LogP contribution is -2.12. The number of carbonyl (C=O) groups is 1. The van der Waals surface area contributed by atoms with E-state index in [4.69, 9.17) is 0 Å². The number of hydrogen-bond acceptors (Lipinski definition) is 5. The Bertz CT molecular complexity index is 1140. The average molecular weight is 369 g/mol. The second-order valence-corrected chi connectivity index (χ2v) is 6.50. The summed E-state index contributed by atoms with van der Waals surface area (Å²) in [6, 6.07) is 17.3. The van der Waals surface area contributed by atoms with E-state index in [1.807, 2.05) is 61.5 Å². The zero-order chi connectivity index (χ0) is 19.3. The number of nitrogens with zero attached hydrogens (tertiary/aromatic N) is 3. The zero-order valence-corrected chi connectivity index (χ0v) is 15.4. The van der Waals surface area contributed by atoms with Crippen LogP contribution in [0.2, 0.25) is 0 Å². The highest BCUT2D eigenvalue weighted by Gasteiger charge is 2.07. The number of para-hydroxylation sites is 2. The Morgan fingerprint density at radius 3 is 2.68 bits per heavy atom. The van der Waals surface area contributed by atoms with E-state index in [1.54, 1.807) is 18.6 Å². The number of aryl methyl sites for hydroxylation is 1. The van der Waals surface area contributed by atoms with Crippen LogP contribution in [0.1, 0.15) is 21.5 Å². The van der Waals surface area contributed by atoms with Crippen LogP contribution in [0.3, 0.4) is 0 Å². The molecule has 0 aliphatic rings. The Labute approximate surface area is 162 Å². The van der Waals surface area contributed by atoms with Gasteiger partial charge >= 0.3 is 0 Å². The van der Waals surface area contributed by atoms with Crippen LogP contribution in [-0.4, -0.2) is 20.9 Å². The first-order valence-electron chi connectivity index (χ1n) is 8.95. The lowest BCUT2D eigenvalue weighted by atomic mass is 10.1. The zero-order valence-electron chi connectivity index (χ0n) is 15.4. The van der Waals surface area contributed by atoms with Crippen molar-refractivity contribution >= 4 is 28.4 Å². The van der Waals surface area contributed by atoms with Crippen molar-refractivity contribution in [2.75, 3.05) is 10.6 Å². The predicted molar refractivity (Wildman–Crippen MR) is 110 cm³/mol. The van der Waals surface area contributed by atoms with Crippen LogP contribution in [0.15, 0.2) is 73.2 Å². The van der Waals surface area contributed by atoms with Crippen LogP contribution in [0.5, 0.6) is 0 Å². The van der Waals surface area contributed by atoms with Gasteiger partial charge in [0.25, 0.3) is 5.91 Å². The molecule has 2 aromatic heterocycles. The molecule has 2 heterocycles. The summed E-state index contributed by atoms with van der Waals surface area (Å²) >= 11 is 0. The Morgan fingerprint density at radius 2 is 1.82 bits per heavy atom. The van der Waals surface area contributed by atoms with Gasteiger partial charge in [0.15, 0.2) is 0 Å². The maximum absolute atomic E-state index is 12.4. The van der Waals surface area contributed by atoms with Crippen molar-refractivity contribution in [2.45, 2.75) is 13.5 Å². The van der Waals surface area contributed by atoms with Crippen molar-refractivity contribution < 1.29 is 4.79 Å². The Hall–Kier alpha value is -3.80. The van der Waals surface area contributed by atoms with Gasteiger partial charge in [-0.25, -0.2) is 4.98 Å². The van der Waals surface area contributed by atoms with E-state index >= 15 is 0 Å². The molecule has 0 radical (unpaired) electrons. The molecule has 6 nitrogen and oxygen atoms in total. The third-order valence-corrected chi connectivity index (χ3v) is 4.24. The molecule has 1 amide bonds. The molecule has 4 aromatic rings. The van der Waals surface area contributed by atoms with E-state index in [1.165, 1.54) is 0 Å². The number of rotatable bonds is 5. The van der Waals surface area contributed by atoms with E-state index in [2.05, 4.69) is 25.6 Å². The van der Waals surface area contributed by atoms with E-state index < -0.39 is 0 Å². The average Bonchev–Trinajstić information content (AvgIpc) is 2.72. The molecule has 138 valence electrons. The van der Waals surface area contributed by atoms with Gasteiger partial charge in [0.1, 0.15) is 5.82 Å². The maximum atomic E-state index is 12.4. The first-order chi connectivity index (χ1) is 13.7. The molecule has 4 rings (SSSR count). The molecule has 0 atom stereocenters. The predicted octanol–water partition coefficient (Wildman–Crippen LogP) is 4.20. The van der Waals surface area contributed by atoms with Crippen molar-refractivity contribution in [3.05, 3.63) is 89.9 Å². The fraction of sp³-hybridized carbons (Fsp3) is 0.0909. The number of fused-ring (bicyclic) bond motifs is 1. The summed E-state index contributed by atoms with van der Waals surface area (Å²) in [5.74, 6) is 0.528. The third kappa shape index (κ3) is 4.12. The minimum Gasteiger partial charge on any atom is -0.365 e. The standard InChI is InChI=1S/C22H19N5O/c1-15-9-17(13-23-11-15)22(28)26-18-6-4-5-16(10-18)12-25-21-14-24-19-7-2-3-8-20(19)27-21/h2-11,13-14H,12H2,1H3,(H,25,27)(H,26,28). The van der Waals surface area contributed by atoms with Crippen molar-refractivity contribution in [2.24, 2.45) is 0 Å². The number of aromatic nitrogens is 3. The fourth-order valence-corrected chi connectivity index (χ4v) is 2.88. The number of anilines is 2. The minimum atomic E-state index is -0.179.